The van der Waals surface area contributed by atoms with Gasteiger partial charge in [-0.3, -0.25) is 9.78 Å². The van der Waals surface area contributed by atoms with Gasteiger partial charge in [-0.1, -0.05) is 60.7 Å². The Morgan fingerprint density at radius 2 is 1.62 bits per heavy atom. The van der Waals surface area contributed by atoms with E-state index in [0.29, 0.717) is 11.9 Å². The van der Waals surface area contributed by atoms with Crippen molar-refractivity contribution in [3.05, 3.63) is 82.6 Å². The quantitative estimate of drug-likeness (QED) is 0.780. The maximum absolute atomic E-state index is 12.1. The van der Waals surface area contributed by atoms with E-state index in [1.807, 2.05) is 30.3 Å². The summed E-state index contributed by atoms with van der Waals surface area (Å²) in [6.45, 7) is 1.86. The second-order valence-corrected chi connectivity index (χ2v) is 6.94. The second kappa shape index (κ2) is 7.56. The Balaban J connectivity index is 1.46. The van der Waals surface area contributed by atoms with Crippen LogP contribution in [0.5, 0.6) is 0 Å². The molecule has 1 aliphatic heterocycles. The lowest BCUT2D eigenvalue weighted by molar-refractivity contribution is 0.400. The number of H-pyrrole nitrogens is 1. The molecule has 3 aromatic rings. The molecule has 0 saturated carbocycles. The van der Waals surface area contributed by atoms with Crippen molar-refractivity contribution in [2.24, 2.45) is 5.92 Å². The lowest BCUT2D eigenvalue weighted by Crippen LogP contribution is -2.36. The highest BCUT2D eigenvalue weighted by Gasteiger charge is 2.21. The highest BCUT2D eigenvalue weighted by Crippen LogP contribution is 2.24. The Morgan fingerprint density at radius 3 is 2.31 bits per heavy atom. The van der Waals surface area contributed by atoms with Gasteiger partial charge >= 0.3 is 0 Å². The van der Waals surface area contributed by atoms with Crippen LogP contribution >= 0.6 is 0 Å². The molecular weight excluding hydrogens is 322 g/mol. The summed E-state index contributed by atoms with van der Waals surface area (Å²) in [5.41, 5.74) is 3.01. The van der Waals surface area contributed by atoms with Crippen LogP contribution in [0, 0.1) is 5.92 Å². The van der Waals surface area contributed by atoms with Crippen molar-refractivity contribution < 1.29 is 0 Å². The van der Waals surface area contributed by atoms with Crippen molar-refractivity contribution in [1.29, 1.82) is 0 Å². The smallest absolute Gasteiger partial charge is 0.252 e. The molecule has 1 saturated heterocycles. The molecule has 2 aromatic carbocycles. The number of aromatic nitrogens is 2. The largest absolute Gasteiger partial charge is 0.342 e. The maximum Gasteiger partial charge on any atom is 0.252 e. The van der Waals surface area contributed by atoms with Gasteiger partial charge in [-0.05, 0) is 30.7 Å². The average molecular weight is 345 g/mol. The van der Waals surface area contributed by atoms with E-state index in [1.54, 1.807) is 6.07 Å². The van der Waals surface area contributed by atoms with E-state index in [1.165, 1.54) is 5.56 Å². The number of nitrogens with one attached hydrogen (secondary N) is 1. The van der Waals surface area contributed by atoms with Gasteiger partial charge in [-0.2, -0.15) is 0 Å². The molecule has 0 radical (unpaired) electrons. The molecule has 1 fully saturated rings. The molecule has 2 heterocycles. The first kappa shape index (κ1) is 16.6. The summed E-state index contributed by atoms with van der Waals surface area (Å²) >= 11 is 0. The fourth-order valence-electron chi connectivity index (χ4n) is 3.65. The van der Waals surface area contributed by atoms with E-state index >= 15 is 0 Å². The SMILES string of the molecule is O=c1cc(-c2ccccc2)nc(N2CCC(Cc3ccccc3)CC2)[nH]1. The van der Waals surface area contributed by atoms with Crippen LogP contribution in [0.15, 0.2) is 71.5 Å². The Labute approximate surface area is 153 Å². The van der Waals surface area contributed by atoms with Crippen LogP contribution in [-0.2, 0) is 6.42 Å². The highest BCUT2D eigenvalue weighted by molar-refractivity contribution is 5.59. The van der Waals surface area contributed by atoms with E-state index in [9.17, 15) is 4.79 Å². The first-order valence-corrected chi connectivity index (χ1v) is 9.23. The Bertz CT molecular complexity index is 897. The van der Waals surface area contributed by atoms with E-state index in [2.05, 4.69) is 40.2 Å². The van der Waals surface area contributed by atoms with Crippen LogP contribution in [-0.4, -0.2) is 23.1 Å². The van der Waals surface area contributed by atoms with Gasteiger partial charge in [0.25, 0.3) is 5.56 Å². The standard InChI is InChI=1S/C22H23N3O/c26-21-16-20(19-9-5-2-6-10-19)23-22(24-21)25-13-11-18(12-14-25)15-17-7-3-1-4-8-17/h1-10,16,18H,11-15H2,(H,23,24,26). The maximum atomic E-state index is 12.1. The fraction of sp³-hybridized carbons (Fsp3) is 0.273. The fourth-order valence-corrected chi connectivity index (χ4v) is 3.65. The number of hydrogen-bond acceptors (Lipinski definition) is 3. The monoisotopic (exact) mass is 345 g/mol. The minimum atomic E-state index is -0.0970. The zero-order valence-electron chi connectivity index (χ0n) is 14.8. The van der Waals surface area contributed by atoms with Gasteiger partial charge in [0.1, 0.15) is 0 Å². The molecule has 0 amide bonds. The molecule has 1 N–H and O–H groups in total. The molecule has 0 unspecified atom stereocenters. The number of nitrogens with zero attached hydrogens (tertiary/aromatic N) is 2. The summed E-state index contributed by atoms with van der Waals surface area (Å²) in [6, 6.07) is 22.1. The first-order valence-electron chi connectivity index (χ1n) is 9.23. The topological polar surface area (TPSA) is 49.0 Å². The molecule has 4 nitrogen and oxygen atoms in total. The summed E-state index contributed by atoms with van der Waals surface area (Å²) in [5, 5.41) is 0. The third-order valence-electron chi connectivity index (χ3n) is 5.08. The van der Waals surface area contributed by atoms with Crippen LogP contribution in [0.3, 0.4) is 0 Å². The van der Waals surface area contributed by atoms with Crippen molar-refractivity contribution in [3.63, 3.8) is 0 Å². The molecule has 0 bridgehead atoms. The molecule has 0 aliphatic carbocycles. The van der Waals surface area contributed by atoms with E-state index < -0.39 is 0 Å². The molecule has 4 heteroatoms. The average Bonchev–Trinajstić information content (AvgIpc) is 2.70. The first-order chi connectivity index (χ1) is 12.8. The van der Waals surface area contributed by atoms with E-state index in [4.69, 9.17) is 4.98 Å². The van der Waals surface area contributed by atoms with E-state index in [0.717, 1.165) is 43.6 Å². The Hall–Kier alpha value is -2.88. The molecule has 132 valence electrons. The van der Waals surface area contributed by atoms with Crippen LogP contribution in [0.4, 0.5) is 5.95 Å². The zero-order chi connectivity index (χ0) is 17.8. The molecule has 0 spiro atoms. The third-order valence-corrected chi connectivity index (χ3v) is 5.08. The number of rotatable bonds is 4. The van der Waals surface area contributed by atoms with Crippen LogP contribution < -0.4 is 10.5 Å². The van der Waals surface area contributed by atoms with Crippen molar-refractivity contribution in [2.45, 2.75) is 19.3 Å². The van der Waals surface area contributed by atoms with Gasteiger partial charge in [0.2, 0.25) is 5.95 Å². The van der Waals surface area contributed by atoms with Gasteiger partial charge in [-0.25, -0.2) is 4.98 Å². The van der Waals surface area contributed by atoms with Gasteiger partial charge in [0, 0.05) is 24.7 Å². The van der Waals surface area contributed by atoms with Crippen molar-refractivity contribution in [1.82, 2.24) is 9.97 Å². The summed E-state index contributed by atoms with van der Waals surface area (Å²) in [4.78, 5) is 21.9. The molecule has 1 aliphatic rings. The van der Waals surface area contributed by atoms with Crippen molar-refractivity contribution in [3.8, 4) is 11.3 Å². The Morgan fingerprint density at radius 1 is 0.962 bits per heavy atom. The summed E-state index contributed by atoms with van der Waals surface area (Å²) in [7, 11) is 0. The minimum absolute atomic E-state index is 0.0970. The third kappa shape index (κ3) is 3.85. The van der Waals surface area contributed by atoms with Crippen molar-refractivity contribution in [2.75, 3.05) is 18.0 Å². The van der Waals surface area contributed by atoms with Crippen LogP contribution in [0.1, 0.15) is 18.4 Å². The lowest BCUT2D eigenvalue weighted by atomic mass is 9.90. The highest BCUT2D eigenvalue weighted by atomic mass is 16.1. The molecule has 0 atom stereocenters. The minimum Gasteiger partial charge on any atom is -0.342 e. The summed E-state index contributed by atoms with van der Waals surface area (Å²) in [6.07, 6.45) is 3.37. The zero-order valence-corrected chi connectivity index (χ0v) is 14.8. The van der Waals surface area contributed by atoms with E-state index in [-0.39, 0.29) is 5.56 Å². The molecule has 4 rings (SSSR count). The van der Waals surface area contributed by atoms with Gasteiger partial charge < -0.3 is 4.90 Å². The number of benzene rings is 2. The second-order valence-electron chi connectivity index (χ2n) is 6.94. The number of aromatic amines is 1. The van der Waals surface area contributed by atoms with Crippen LogP contribution in [0.2, 0.25) is 0 Å². The van der Waals surface area contributed by atoms with Gasteiger partial charge in [-0.15, -0.1) is 0 Å². The molecule has 1 aromatic heterocycles. The predicted octanol–water partition coefficient (Wildman–Crippen LogP) is 3.90. The number of hydrogen-bond donors (Lipinski definition) is 1. The van der Waals surface area contributed by atoms with Crippen molar-refractivity contribution >= 4 is 5.95 Å². The van der Waals surface area contributed by atoms with Gasteiger partial charge in [0.05, 0.1) is 5.69 Å². The lowest BCUT2D eigenvalue weighted by Gasteiger charge is -2.32. The number of piperidine rings is 1. The number of anilines is 1. The van der Waals surface area contributed by atoms with Crippen LogP contribution in [0.25, 0.3) is 11.3 Å². The molecular formula is C22H23N3O. The normalized spacial score (nSPS) is 15.2. The molecule has 26 heavy (non-hydrogen) atoms. The Kier molecular flexibility index (Phi) is 4.82. The van der Waals surface area contributed by atoms with Gasteiger partial charge in [0.15, 0.2) is 0 Å². The summed E-state index contributed by atoms with van der Waals surface area (Å²) < 4.78 is 0. The predicted molar refractivity (Wildman–Crippen MR) is 105 cm³/mol. The summed E-state index contributed by atoms with van der Waals surface area (Å²) in [5.74, 6) is 1.38.